The van der Waals surface area contributed by atoms with E-state index in [4.69, 9.17) is 9.73 Å². The molecule has 0 fully saturated rings. The Kier molecular flexibility index (Phi) is 4.28. The minimum absolute atomic E-state index is 0.0339. The Morgan fingerprint density at radius 3 is 2.06 bits per heavy atom. The van der Waals surface area contributed by atoms with Gasteiger partial charge in [-0.15, -0.1) is 0 Å². The van der Waals surface area contributed by atoms with E-state index in [1.807, 2.05) is 24.3 Å². The molecule has 1 aliphatic rings. The van der Waals surface area contributed by atoms with Crippen molar-refractivity contribution in [3.63, 3.8) is 0 Å². The van der Waals surface area contributed by atoms with Crippen LogP contribution in [0.5, 0.6) is 0 Å². The monoisotopic (exact) mass is 398 g/mol. The molecule has 6 rings (SSSR count). The van der Waals surface area contributed by atoms with Crippen molar-refractivity contribution in [1.29, 1.82) is 0 Å². The van der Waals surface area contributed by atoms with Gasteiger partial charge in [0.25, 0.3) is 0 Å². The predicted molar refractivity (Wildman–Crippen MR) is 127 cm³/mol. The maximum atomic E-state index is 5.99. The van der Waals surface area contributed by atoms with E-state index in [-0.39, 0.29) is 6.04 Å². The van der Waals surface area contributed by atoms with E-state index in [0.29, 0.717) is 12.5 Å². The van der Waals surface area contributed by atoms with Crippen LogP contribution in [0.4, 0.5) is 0 Å². The Morgan fingerprint density at radius 2 is 1.32 bits per heavy atom. The summed E-state index contributed by atoms with van der Waals surface area (Å²) in [4.78, 5) is 4.85. The molecule has 0 spiro atoms. The highest BCUT2D eigenvalue weighted by Gasteiger charge is 2.22. The van der Waals surface area contributed by atoms with Gasteiger partial charge in [-0.3, -0.25) is 0 Å². The molecular weight excluding hydrogens is 378 g/mol. The number of hydrogen-bond donors (Lipinski definition) is 0. The van der Waals surface area contributed by atoms with Crippen LogP contribution in [0.15, 0.2) is 108 Å². The van der Waals surface area contributed by atoms with Crippen LogP contribution in [-0.2, 0) is 4.74 Å². The normalized spacial score (nSPS) is 15.7. The van der Waals surface area contributed by atoms with Gasteiger partial charge in [-0.1, -0.05) is 91.0 Å². The van der Waals surface area contributed by atoms with Crippen molar-refractivity contribution in [2.24, 2.45) is 4.99 Å². The molecule has 31 heavy (non-hydrogen) atoms. The molecule has 1 heterocycles. The highest BCUT2D eigenvalue weighted by Crippen LogP contribution is 2.36. The van der Waals surface area contributed by atoms with Crippen LogP contribution < -0.4 is 0 Å². The Morgan fingerprint density at radius 1 is 0.677 bits per heavy atom. The fourth-order valence-electron chi connectivity index (χ4n) is 4.41. The van der Waals surface area contributed by atoms with Crippen LogP contribution >= 0.6 is 0 Å². The van der Waals surface area contributed by atoms with Crippen molar-refractivity contribution in [3.05, 3.63) is 120 Å². The van der Waals surface area contributed by atoms with E-state index >= 15 is 0 Å². The predicted octanol–water partition coefficient (Wildman–Crippen LogP) is 6.98. The van der Waals surface area contributed by atoms with E-state index in [2.05, 4.69) is 84.9 Å². The molecule has 0 aliphatic carbocycles. The molecule has 5 aromatic rings. The van der Waals surface area contributed by atoms with E-state index in [0.717, 1.165) is 11.1 Å². The molecular formula is C29H20NO. The molecule has 1 radical (unpaired) electrons. The van der Waals surface area contributed by atoms with Gasteiger partial charge in [-0.25, -0.2) is 4.99 Å². The number of ether oxygens (including phenoxy) is 1. The molecule has 0 saturated heterocycles. The van der Waals surface area contributed by atoms with Gasteiger partial charge in [0, 0.05) is 11.6 Å². The third-order valence-electron chi connectivity index (χ3n) is 5.90. The quantitative estimate of drug-likeness (QED) is 0.301. The van der Waals surface area contributed by atoms with E-state index in [1.54, 1.807) is 0 Å². The summed E-state index contributed by atoms with van der Waals surface area (Å²) in [7, 11) is 0. The fraction of sp³-hybridized carbons (Fsp3) is 0.0690. The van der Waals surface area contributed by atoms with Gasteiger partial charge in [0.05, 0.1) is 0 Å². The smallest absolute Gasteiger partial charge is 0.217 e. The molecule has 0 saturated carbocycles. The minimum atomic E-state index is 0.0339. The lowest BCUT2D eigenvalue weighted by Gasteiger charge is -2.12. The highest BCUT2D eigenvalue weighted by atomic mass is 16.5. The number of rotatable bonds is 3. The average Bonchev–Trinajstić information content (AvgIpc) is 3.34. The second kappa shape index (κ2) is 7.41. The lowest BCUT2D eigenvalue weighted by atomic mass is 9.91. The highest BCUT2D eigenvalue weighted by molar-refractivity contribution is 6.13. The zero-order valence-corrected chi connectivity index (χ0v) is 17.0. The molecule has 1 aliphatic heterocycles. The summed E-state index contributed by atoms with van der Waals surface area (Å²) < 4.78 is 5.99. The van der Waals surface area contributed by atoms with Crippen molar-refractivity contribution < 1.29 is 4.74 Å². The first kappa shape index (κ1) is 17.9. The Balaban J connectivity index is 1.49. The van der Waals surface area contributed by atoms with Crippen molar-refractivity contribution in [2.45, 2.75) is 6.04 Å². The van der Waals surface area contributed by atoms with Gasteiger partial charge in [-0.2, -0.15) is 0 Å². The van der Waals surface area contributed by atoms with Crippen LogP contribution in [0.2, 0.25) is 0 Å². The van der Waals surface area contributed by atoms with Crippen LogP contribution in [0.1, 0.15) is 17.2 Å². The molecule has 2 nitrogen and oxygen atoms in total. The topological polar surface area (TPSA) is 21.6 Å². The Bertz CT molecular complexity index is 1380. The standard InChI is InChI=1S/C29H20NO/c1-2-9-20(10-3-1)27-19-31-29(30-27)24-14-8-13-23(18-24)28-25-15-6-4-11-21(25)17-22-12-5-7-16-26(22)28/h1-17,27H,19H2. The first-order chi connectivity index (χ1) is 15.4. The van der Waals surface area contributed by atoms with Crippen LogP contribution in [0.25, 0.3) is 32.7 Å². The van der Waals surface area contributed by atoms with Gasteiger partial charge in [0.1, 0.15) is 12.6 Å². The van der Waals surface area contributed by atoms with Crippen molar-refractivity contribution in [3.8, 4) is 11.1 Å². The first-order valence-electron chi connectivity index (χ1n) is 10.6. The third-order valence-corrected chi connectivity index (χ3v) is 5.90. The second-order valence-corrected chi connectivity index (χ2v) is 7.84. The molecule has 1 unspecified atom stereocenters. The van der Waals surface area contributed by atoms with E-state index < -0.39 is 0 Å². The molecule has 147 valence electrons. The molecule has 0 amide bonds. The number of nitrogens with zero attached hydrogens (tertiary/aromatic N) is 1. The summed E-state index contributed by atoms with van der Waals surface area (Å²) >= 11 is 0. The van der Waals surface area contributed by atoms with E-state index in [1.165, 1.54) is 32.7 Å². The fourth-order valence-corrected chi connectivity index (χ4v) is 4.41. The van der Waals surface area contributed by atoms with Gasteiger partial charge in [-0.05, 0) is 50.4 Å². The number of hydrogen-bond acceptors (Lipinski definition) is 2. The first-order valence-corrected chi connectivity index (χ1v) is 10.6. The van der Waals surface area contributed by atoms with Gasteiger partial charge < -0.3 is 4.74 Å². The summed E-state index contributed by atoms with van der Waals surface area (Å²) in [6.07, 6.45) is 0. The van der Waals surface area contributed by atoms with Crippen LogP contribution in [0, 0.1) is 6.07 Å². The maximum absolute atomic E-state index is 5.99. The molecule has 5 aromatic carbocycles. The Hall–Kier alpha value is -3.91. The largest absolute Gasteiger partial charge is 0.475 e. The maximum Gasteiger partial charge on any atom is 0.217 e. The SMILES string of the molecule is [c]1c(C2=NC(c3ccccc3)CO2)cccc1-c1c2ccccc2cc2ccccc12. The van der Waals surface area contributed by atoms with Gasteiger partial charge in [0.2, 0.25) is 5.90 Å². The van der Waals surface area contributed by atoms with Crippen molar-refractivity contribution in [2.75, 3.05) is 6.61 Å². The lowest BCUT2D eigenvalue weighted by molar-refractivity contribution is 0.320. The molecule has 0 bridgehead atoms. The minimum Gasteiger partial charge on any atom is -0.475 e. The lowest BCUT2D eigenvalue weighted by Crippen LogP contribution is -2.02. The third kappa shape index (κ3) is 3.17. The summed E-state index contributed by atoms with van der Waals surface area (Å²) in [5.41, 5.74) is 4.33. The van der Waals surface area contributed by atoms with Crippen molar-refractivity contribution in [1.82, 2.24) is 0 Å². The van der Waals surface area contributed by atoms with Crippen LogP contribution in [-0.4, -0.2) is 12.5 Å². The van der Waals surface area contributed by atoms with Gasteiger partial charge >= 0.3 is 0 Å². The zero-order chi connectivity index (χ0) is 20.6. The average molecular weight is 398 g/mol. The Labute approximate surface area is 181 Å². The summed E-state index contributed by atoms with van der Waals surface area (Å²) in [5.74, 6) is 0.667. The summed E-state index contributed by atoms with van der Waals surface area (Å²) in [5, 5.41) is 4.92. The number of aliphatic imine (C=N–C) groups is 1. The molecule has 2 heteroatoms. The molecule has 0 aromatic heterocycles. The number of fused-ring (bicyclic) bond motifs is 2. The van der Waals surface area contributed by atoms with Crippen LogP contribution in [0.3, 0.4) is 0 Å². The van der Waals surface area contributed by atoms with Crippen molar-refractivity contribution >= 4 is 27.4 Å². The molecule has 1 atom stereocenters. The van der Waals surface area contributed by atoms with Gasteiger partial charge in [0.15, 0.2) is 0 Å². The molecule has 0 N–H and O–H groups in total. The second-order valence-electron chi connectivity index (χ2n) is 7.84. The number of benzene rings is 5. The van der Waals surface area contributed by atoms with E-state index in [9.17, 15) is 0 Å². The zero-order valence-electron chi connectivity index (χ0n) is 17.0. The summed E-state index contributed by atoms with van der Waals surface area (Å²) in [6, 6.07) is 39.5. The summed E-state index contributed by atoms with van der Waals surface area (Å²) in [6.45, 7) is 0.564.